The van der Waals surface area contributed by atoms with Crippen LogP contribution >= 0.6 is 0 Å². The number of aliphatic carboxylic acids is 1. The Bertz CT molecular complexity index is 346. The van der Waals surface area contributed by atoms with E-state index in [1.54, 1.807) is 6.92 Å². The molecule has 1 aliphatic rings. The minimum atomic E-state index is -3.21. The summed E-state index contributed by atoms with van der Waals surface area (Å²) in [5, 5.41) is 8.25. The third-order valence-electron chi connectivity index (χ3n) is 3.13. The topological polar surface area (TPSA) is 83.5 Å². The van der Waals surface area contributed by atoms with Crippen molar-refractivity contribution in [2.45, 2.75) is 63.2 Å². The van der Waals surface area contributed by atoms with Gasteiger partial charge in [-0.25, -0.2) is 13.1 Å². The Morgan fingerprint density at radius 1 is 1.41 bits per heavy atom. The predicted molar refractivity (Wildman–Crippen MR) is 65.3 cm³/mol. The van der Waals surface area contributed by atoms with Crippen molar-refractivity contribution in [3.63, 3.8) is 0 Å². The first kappa shape index (κ1) is 14.4. The Morgan fingerprint density at radius 3 is 2.53 bits per heavy atom. The zero-order valence-corrected chi connectivity index (χ0v) is 11.0. The molecule has 17 heavy (non-hydrogen) atoms. The lowest BCUT2D eigenvalue weighted by atomic mass is 10.1. The summed E-state index contributed by atoms with van der Waals surface area (Å²) in [5.74, 6) is -0.837. The Labute approximate surface area is 103 Å². The third-order valence-corrected chi connectivity index (χ3v) is 5.21. The molecule has 1 aliphatic carbocycles. The molecule has 5 nitrogen and oxygen atoms in total. The third kappa shape index (κ3) is 5.04. The lowest BCUT2D eigenvalue weighted by Crippen LogP contribution is -2.38. The highest BCUT2D eigenvalue weighted by Gasteiger charge is 2.29. The number of rotatable bonds is 7. The number of hydrogen-bond donors (Lipinski definition) is 2. The standard InChI is InChI=1S/C11H21NO4S/c1-9(5-4-8-11(13)14)12-17(15,16)10-6-2-3-7-10/h9-10,12H,2-8H2,1H3,(H,13,14). The van der Waals surface area contributed by atoms with E-state index >= 15 is 0 Å². The van der Waals surface area contributed by atoms with Crippen LogP contribution in [0.3, 0.4) is 0 Å². The number of hydrogen-bond acceptors (Lipinski definition) is 3. The van der Waals surface area contributed by atoms with Gasteiger partial charge in [-0.3, -0.25) is 4.79 Å². The summed E-state index contributed by atoms with van der Waals surface area (Å²) in [6, 6.07) is -0.181. The summed E-state index contributed by atoms with van der Waals surface area (Å²) in [4.78, 5) is 10.3. The van der Waals surface area contributed by atoms with E-state index in [0.717, 1.165) is 25.7 Å². The van der Waals surface area contributed by atoms with E-state index in [2.05, 4.69) is 4.72 Å². The van der Waals surface area contributed by atoms with Crippen molar-refractivity contribution in [3.05, 3.63) is 0 Å². The highest BCUT2D eigenvalue weighted by molar-refractivity contribution is 7.90. The average Bonchev–Trinajstić information content (AvgIpc) is 2.68. The normalized spacial score (nSPS) is 19.4. The zero-order chi connectivity index (χ0) is 12.9. The molecule has 0 radical (unpaired) electrons. The highest BCUT2D eigenvalue weighted by atomic mass is 32.2. The SMILES string of the molecule is CC(CCCC(=O)O)NS(=O)(=O)C1CCCC1. The van der Waals surface area contributed by atoms with Gasteiger partial charge in [-0.15, -0.1) is 0 Å². The van der Waals surface area contributed by atoms with Gasteiger partial charge in [0.1, 0.15) is 0 Å². The van der Waals surface area contributed by atoms with Crippen LogP contribution < -0.4 is 4.72 Å². The van der Waals surface area contributed by atoms with Crippen LogP contribution in [0.25, 0.3) is 0 Å². The second-order valence-electron chi connectivity index (χ2n) is 4.76. The first-order valence-electron chi connectivity index (χ1n) is 6.15. The van der Waals surface area contributed by atoms with Crippen molar-refractivity contribution in [1.29, 1.82) is 0 Å². The molecule has 1 fully saturated rings. The summed E-state index contributed by atoms with van der Waals surface area (Å²) < 4.78 is 26.5. The van der Waals surface area contributed by atoms with E-state index in [1.807, 2.05) is 0 Å². The average molecular weight is 263 g/mol. The molecule has 2 N–H and O–H groups in total. The fraction of sp³-hybridized carbons (Fsp3) is 0.909. The van der Waals surface area contributed by atoms with Gasteiger partial charge in [-0.1, -0.05) is 12.8 Å². The van der Waals surface area contributed by atoms with Gasteiger partial charge in [0.05, 0.1) is 5.25 Å². The van der Waals surface area contributed by atoms with Crippen LogP contribution in [0, 0.1) is 0 Å². The Kier molecular flexibility index (Phi) is 5.39. The van der Waals surface area contributed by atoms with Gasteiger partial charge in [-0.05, 0) is 32.6 Å². The van der Waals surface area contributed by atoms with E-state index in [1.165, 1.54) is 0 Å². The van der Waals surface area contributed by atoms with Crippen LogP contribution in [0.15, 0.2) is 0 Å². The van der Waals surface area contributed by atoms with Gasteiger partial charge >= 0.3 is 5.97 Å². The van der Waals surface area contributed by atoms with Gasteiger partial charge in [0.25, 0.3) is 0 Å². The molecule has 0 heterocycles. The van der Waals surface area contributed by atoms with Crippen LogP contribution in [-0.4, -0.2) is 30.8 Å². The molecule has 0 saturated heterocycles. The zero-order valence-electron chi connectivity index (χ0n) is 10.2. The molecular weight excluding hydrogens is 242 g/mol. The fourth-order valence-corrected chi connectivity index (χ4v) is 4.02. The van der Waals surface area contributed by atoms with Crippen molar-refractivity contribution < 1.29 is 18.3 Å². The van der Waals surface area contributed by atoms with Crippen molar-refractivity contribution >= 4 is 16.0 Å². The largest absolute Gasteiger partial charge is 0.481 e. The first-order valence-corrected chi connectivity index (χ1v) is 7.69. The molecule has 100 valence electrons. The smallest absolute Gasteiger partial charge is 0.303 e. The van der Waals surface area contributed by atoms with E-state index in [9.17, 15) is 13.2 Å². The summed E-state index contributed by atoms with van der Waals surface area (Å²) in [6.45, 7) is 1.79. The predicted octanol–water partition coefficient (Wildman–Crippen LogP) is 1.49. The quantitative estimate of drug-likeness (QED) is 0.729. The van der Waals surface area contributed by atoms with Crippen LogP contribution in [-0.2, 0) is 14.8 Å². The van der Waals surface area contributed by atoms with Gasteiger partial charge < -0.3 is 5.11 Å². The van der Waals surface area contributed by atoms with Gasteiger partial charge in [0.2, 0.25) is 10.0 Å². The second-order valence-corrected chi connectivity index (χ2v) is 6.75. The summed E-state index contributed by atoms with van der Waals surface area (Å²) in [7, 11) is -3.21. The number of carboxylic acids is 1. The Balaban J connectivity index is 2.33. The Morgan fingerprint density at radius 2 is 2.00 bits per heavy atom. The molecule has 0 aliphatic heterocycles. The highest BCUT2D eigenvalue weighted by Crippen LogP contribution is 2.24. The summed E-state index contributed by atoms with van der Waals surface area (Å²) >= 11 is 0. The second kappa shape index (κ2) is 6.35. The van der Waals surface area contributed by atoms with Crippen molar-refractivity contribution in [3.8, 4) is 0 Å². The number of carbonyl (C=O) groups is 1. The number of nitrogens with one attached hydrogen (secondary N) is 1. The van der Waals surface area contributed by atoms with Gasteiger partial charge in [-0.2, -0.15) is 0 Å². The molecule has 1 saturated carbocycles. The van der Waals surface area contributed by atoms with E-state index in [4.69, 9.17) is 5.11 Å². The maximum absolute atomic E-state index is 11.9. The minimum Gasteiger partial charge on any atom is -0.481 e. The molecule has 0 aromatic rings. The van der Waals surface area contributed by atoms with Crippen LogP contribution in [0.1, 0.15) is 51.9 Å². The number of sulfonamides is 1. The van der Waals surface area contributed by atoms with Crippen LogP contribution in [0.5, 0.6) is 0 Å². The molecule has 0 bridgehead atoms. The van der Waals surface area contributed by atoms with Gasteiger partial charge in [0.15, 0.2) is 0 Å². The van der Waals surface area contributed by atoms with E-state index in [0.29, 0.717) is 12.8 Å². The molecule has 1 atom stereocenters. The lowest BCUT2D eigenvalue weighted by Gasteiger charge is -2.17. The summed E-state index contributed by atoms with van der Waals surface area (Å²) in [6.07, 6.45) is 4.63. The molecule has 0 spiro atoms. The fourth-order valence-electron chi connectivity index (χ4n) is 2.19. The molecule has 1 unspecified atom stereocenters. The van der Waals surface area contributed by atoms with E-state index in [-0.39, 0.29) is 17.7 Å². The minimum absolute atomic E-state index is 0.0928. The maximum atomic E-state index is 11.9. The van der Waals surface area contributed by atoms with E-state index < -0.39 is 16.0 Å². The lowest BCUT2D eigenvalue weighted by molar-refractivity contribution is -0.137. The first-order chi connectivity index (χ1) is 7.92. The van der Waals surface area contributed by atoms with Crippen LogP contribution in [0.4, 0.5) is 0 Å². The molecule has 6 heteroatoms. The van der Waals surface area contributed by atoms with Crippen molar-refractivity contribution in [2.24, 2.45) is 0 Å². The number of carboxylic acid groups (broad SMARTS) is 1. The summed E-state index contributed by atoms with van der Waals surface area (Å²) in [5.41, 5.74) is 0. The molecular formula is C11H21NO4S. The molecule has 1 rings (SSSR count). The Hall–Kier alpha value is -0.620. The van der Waals surface area contributed by atoms with Crippen LogP contribution in [0.2, 0.25) is 0 Å². The molecule has 0 amide bonds. The van der Waals surface area contributed by atoms with Crippen molar-refractivity contribution in [1.82, 2.24) is 4.72 Å². The monoisotopic (exact) mass is 263 g/mol. The van der Waals surface area contributed by atoms with Gasteiger partial charge in [0, 0.05) is 12.5 Å². The maximum Gasteiger partial charge on any atom is 0.303 e. The molecule has 0 aromatic carbocycles. The molecule has 0 aromatic heterocycles. The van der Waals surface area contributed by atoms with Crippen molar-refractivity contribution in [2.75, 3.05) is 0 Å².